The predicted octanol–water partition coefficient (Wildman–Crippen LogP) is 3.61. The molecule has 0 amide bonds. The molecule has 4 heteroatoms. The highest BCUT2D eigenvalue weighted by atomic mass is 15.0. The first kappa shape index (κ1) is 14.7. The Bertz CT molecular complexity index is 314. The van der Waals surface area contributed by atoms with Gasteiger partial charge in [0.2, 0.25) is 0 Å². The van der Waals surface area contributed by atoms with Crippen molar-refractivity contribution >= 4 is 11.6 Å². The van der Waals surface area contributed by atoms with Gasteiger partial charge in [-0.25, -0.2) is 4.98 Å². The summed E-state index contributed by atoms with van der Waals surface area (Å²) in [6.45, 7) is 3.21. The van der Waals surface area contributed by atoms with Gasteiger partial charge in [0.05, 0.1) is 12.4 Å². The van der Waals surface area contributed by atoms with Gasteiger partial charge in [0.15, 0.2) is 0 Å². The summed E-state index contributed by atoms with van der Waals surface area (Å²) in [7, 11) is 0. The number of nitrogen functional groups attached to an aromatic ring is 1. The van der Waals surface area contributed by atoms with Crippen LogP contribution in [0.5, 0.6) is 0 Å². The number of unbranched alkanes of at least 4 members (excludes halogenated alkanes) is 7. The van der Waals surface area contributed by atoms with Crippen molar-refractivity contribution < 1.29 is 0 Å². The smallest absolute Gasteiger partial charge is 0.146 e. The minimum Gasteiger partial charge on any atom is -0.382 e. The summed E-state index contributed by atoms with van der Waals surface area (Å²) in [5.74, 6) is 1.24. The standard InChI is InChI=1S/C14H26N4/c1-2-3-4-5-6-7-8-9-10-17-14-12-16-11-13(15)18-14/h11-12H,2-10H2,1H3,(H3,15,17,18). The van der Waals surface area contributed by atoms with Gasteiger partial charge >= 0.3 is 0 Å². The summed E-state index contributed by atoms with van der Waals surface area (Å²) in [5, 5.41) is 3.24. The molecule has 3 N–H and O–H groups in total. The predicted molar refractivity (Wildman–Crippen MR) is 77.5 cm³/mol. The second-order valence-electron chi connectivity index (χ2n) is 4.73. The van der Waals surface area contributed by atoms with E-state index in [0.29, 0.717) is 5.82 Å². The molecule has 0 radical (unpaired) electrons. The topological polar surface area (TPSA) is 63.8 Å². The average Bonchev–Trinajstić information content (AvgIpc) is 2.37. The van der Waals surface area contributed by atoms with Gasteiger partial charge in [-0.05, 0) is 6.42 Å². The number of nitrogens with two attached hydrogens (primary N) is 1. The molecule has 0 spiro atoms. The van der Waals surface area contributed by atoms with E-state index >= 15 is 0 Å². The summed E-state index contributed by atoms with van der Waals surface area (Å²) >= 11 is 0. The van der Waals surface area contributed by atoms with Crippen LogP contribution in [-0.2, 0) is 0 Å². The van der Waals surface area contributed by atoms with Crippen molar-refractivity contribution in [3.8, 4) is 0 Å². The van der Waals surface area contributed by atoms with E-state index < -0.39 is 0 Å². The maximum atomic E-state index is 5.55. The molecule has 0 fully saturated rings. The van der Waals surface area contributed by atoms with Gasteiger partial charge in [-0.2, -0.15) is 0 Å². The minimum absolute atomic E-state index is 0.468. The maximum Gasteiger partial charge on any atom is 0.146 e. The van der Waals surface area contributed by atoms with Crippen LogP contribution in [0.25, 0.3) is 0 Å². The van der Waals surface area contributed by atoms with Crippen LogP contribution in [-0.4, -0.2) is 16.5 Å². The van der Waals surface area contributed by atoms with Crippen LogP contribution in [0.4, 0.5) is 11.6 Å². The Hall–Kier alpha value is -1.32. The molecule has 0 aliphatic heterocycles. The minimum atomic E-state index is 0.468. The zero-order valence-corrected chi connectivity index (χ0v) is 11.5. The molecule has 0 aliphatic rings. The molecule has 102 valence electrons. The van der Waals surface area contributed by atoms with Crippen LogP contribution in [0.1, 0.15) is 58.3 Å². The molecule has 1 aromatic heterocycles. The van der Waals surface area contributed by atoms with Crippen LogP contribution in [0.3, 0.4) is 0 Å². The number of nitrogens with zero attached hydrogens (tertiary/aromatic N) is 2. The lowest BCUT2D eigenvalue weighted by atomic mass is 10.1. The van der Waals surface area contributed by atoms with Gasteiger partial charge in [0.1, 0.15) is 11.6 Å². The molecule has 0 saturated heterocycles. The molecule has 0 saturated carbocycles. The third-order valence-corrected chi connectivity index (χ3v) is 2.99. The zero-order valence-electron chi connectivity index (χ0n) is 11.5. The monoisotopic (exact) mass is 250 g/mol. The van der Waals surface area contributed by atoms with Crippen LogP contribution in [0, 0.1) is 0 Å². The SMILES string of the molecule is CCCCCCCCCCNc1cncc(N)n1. The van der Waals surface area contributed by atoms with Crippen molar-refractivity contribution in [2.45, 2.75) is 58.3 Å². The normalized spacial score (nSPS) is 10.5. The molecule has 0 aliphatic carbocycles. The highest BCUT2D eigenvalue weighted by Gasteiger charge is 1.95. The quantitative estimate of drug-likeness (QED) is 0.623. The Morgan fingerprint density at radius 2 is 1.67 bits per heavy atom. The molecule has 1 heterocycles. The molecule has 4 nitrogen and oxygen atoms in total. The molecular formula is C14H26N4. The fourth-order valence-electron chi connectivity index (χ4n) is 1.94. The summed E-state index contributed by atoms with van der Waals surface area (Å²) in [6.07, 6.45) is 13.9. The Labute approximate surface area is 110 Å². The molecule has 18 heavy (non-hydrogen) atoms. The number of aromatic nitrogens is 2. The van der Waals surface area contributed by atoms with Crippen molar-refractivity contribution in [2.75, 3.05) is 17.6 Å². The molecule has 1 aromatic rings. The number of anilines is 2. The van der Waals surface area contributed by atoms with E-state index in [0.717, 1.165) is 12.4 Å². The number of hydrogen-bond acceptors (Lipinski definition) is 4. The first-order valence-electron chi connectivity index (χ1n) is 7.14. The fourth-order valence-corrected chi connectivity index (χ4v) is 1.94. The van der Waals surface area contributed by atoms with E-state index in [1.165, 1.54) is 51.4 Å². The average molecular weight is 250 g/mol. The Morgan fingerprint density at radius 1 is 1.00 bits per heavy atom. The van der Waals surface area contributed by atoms with Crippen LogP contribution in [0.2, 0.25) is 0 Å². The third kappa shape index (κ3) is 7.09. The van der Waals surface area contributed by atoms with Gasteiger partial charge in [0.25, 0.3) is 0 Å². The molecule has 0 bridgehead atoms. The van der Waals surface area contributed by atoms with Crippen LogP contribution >= 0.6 is 0 Å². The van der Waals surface area contributed by atoms with Gasteiger partial charge in [-0.1, -0.05) is 51.9 Å². The number of hydrogen-bond donors (Lipinski definition) is 2. The Morgan fingerprint density at radius 3 is 2.33 bits per heavy atom. The molecule has 0 atom stereocenters. The van der Waals surface area contributed by atoms with Gasteiger partial charge in [-0.3, -0.25) is 4.98 Å². The van der Waals surface area contributed by atoms with Crippen molar-refractivity contribution in [2.24, 2.45) is 0 Å². The fraction of sp³-hybridized carbons (Fsp3) is 0.714. The van der Waals surface area contributed by atoms with Crippen molar-refractivity contribution in [1.82, 2.24) is 9.97 Å². The maximum absolute atomic E-state index is 5.55. The van der Waals surface area contributed by atoms with E-state index in [4.69, 9.17) is 5.73 Å². The Balaban J connectivity index is 1.92. The third-order valence-electron chi connectivity index (χ3n) is 2.99. The van der Waals surface area contributed by atoms with E-state index in [-0.39, 0.29) is 0 Å². The first-order chi connectivity index (χ1) is 8.83. The summed E-state index contributed by atoms with van der Waals surface area (Å²) in [6, 6.07) is 0. The number of nitrogens with one attached hydrogen (secondary N) is 1. The lowest BCUT2D eigenvalue weighted by Crippen LogP contribution is -2.05. The largest absolute Gasteiger partial charge is 0.382 e. The molecule has 0 aromatic carbocycles. The first-order valence-corrected chi connectivity index (χ1v) is 7.14. The van der Waals surface area contributed by atoms with Crippen LogP contribution in [0.15, 0.2) is 12.4 Å². The van der Waals surface area contributed by atoms with E-state index in [2.05, 4.69) is 22.2 Å². The number of rotatable bonds is 10. The van der Waals surface area contributed by atoms with Gasteiger partial charge in [0, 0.05) is 6.54 Å². The van der Waals surface area contributed by atoms with Crippen molar-refractivity contribution in [1.29, 1.82) is 0 Å². The summed E-state index contributed by atoms with van der Waals surface area (Å²) in [5.41, 5.74) is 5.55. The lowest BCUT2D eigenvalue weighted by Gasteiger charge is -2.05. The lowest BCUT2D eigenvalue weighted by molar-refractivity contribution is 0.581. The molecular weight excluding hydrogens is 224 g/mol. The summed E-state index contributed by atoms with van der Waals surface area (Å²) in [4.78, 5) is 8.14. The van der Waals surface area contributed by atoms with Gasteiger partial charge < -0.3 is 11.1 Å². The highest BCUT2D eigenvalue weighted by Crippen LogP contribution is 2.09. The van der Waals surface area contributed by atoms with E-state index in [9.17, 15) is 0 Å². The Kier molecular flexibility index (Phi) is 7.93. The van der Waals surface area contributed by atoms with Gasteiger partial charge in [-0.15, -0.1) is 0 Å². The zero-order chi connectivity index (χ0) is 13.1. The highest BCUT2D eigenvalue weighted by molar-refractivity contribution is 5.37. The second-order valence-corrected chi connectivity index (χ2v) is 4.73. The van der Waals surface area contributed by atoms with Crippen LogP contribution < -0.4 is 11.1 Å². The molecule has 0 unspecified atom stereocenters. The summed E-state index contributed by atoms with van der Waals surface area (Å²) < 4.78 is 0. The van der Waals surface area contributed by atoms with E-state index in [1.807, 2.05) is 0 Å². The van der Waals surface area contributed by atoms with Crippen molar-refractivity contribution in [3.05, 3.63) is 12.4 Å². The van der Waals surface area contributed by atoms with Crippen molar-refractivity contribution in [3.63, 3.8) is 0 Å². The van der Waals surface area contributed by atoms with E-state index in [1.54, 1.807) is 12.4 Å². The second kappa shape index (κ2) is 9.68. The molecule has 1 rings (SSSR count).